The van der Waals surface area contributed by atoms with Crippen molar-refractivity contribution in [2.24, 2.45) is 0 Å². The molecule has 1 aliphatic rings. The normalized spacial score (nSPS) is 16.1. The number of hydrogen-bond donors (Lipinski definition) is 1. The Hall–Kier alpha value is -1.35. The van der Waals surface area contributed by atoms with Crippen LogP contribution in [0.15, 0.2) is 24.3 Å². The van der Waals surface area contributed by atoms with Gasteiger partial charge in [-0.1, -0.05) is 31.4 Å². The second-order valence-corrected chi connectivity index (χ2v) is 5.69. The molecular weight excluding hydrogens is 248 g/mol. The quantitative estimate of drug-likeness (QED) is 0.893. The zero-order valence-electron chi connectivity index (χ0n) is 12.7. The molecule has 2 rings (SSSR count). The minimum Gasteiger partial charge on any atom is -0.312 e. The van der Waals surface area contributed by atoms with E-state index in [1.807, 2.05) is 24.0 Å². The van der Waals surface area contributed by atoms with Gasteiger partial charge in [0.05, 0.1) is 6.54 Å². The molecule has 0 unspecified atom stereocenters. The lowest BCUT2D eigenvalue weighted by atomic mass is 9.95. The summed E-state index contributed by atoms with van der Waals surface area (Å²) in [4.78, 5) is 14.3. The molecule has 1 saturated carbocycles. The predicted molar refractivity (Wildman–Crippen MR) is 84.1 cm³/mol. The third-order valence-electron chi connectivity index (χ3n) is 4.08. The first kappa shape index (κ1) is 15.0. The molecule has 0 aliphatic heterocycles. The summed E-state index contributed by atoms with van der Waals surface area (Å²) in [5.41, 5.74) is 2.19. The highest BCUT2D eigenvalue weighted by atomic mass is 16.2. The lowest BCUT2D eigenvalue weighted by Gasteiger charge is -2.26. The molecule has 3 heteroatoms. The van der Waals surface area contributed by atoms with E-state index in [0.717, 1.165) is 5.69 Å². The van der Waals surface area contributed by atoms with E-state index in [4.69, 9.17) is 0 Å². The Morgan fingerprint density at radius 1 is 1.30 bits per heavy atom. The summed E-state index contributed by atoms with van der Waals surface area (Å²) < 4.78 is 0. The molecule has 1 aromatic carbocycles. The topological polar surface area (TPSA) is 32.3 Å². The van der Waals surface area contributed by atoms with E-state index in [2.05, 4.69) is 24.4 Å². The average molecular weight is 274 g/mol. The summed E-state index contributed by atoms with van der Waals surface area (Å²) in [5, 5.41) is 3.43. The van der Waals surface area contributed by atoms with Crippen molar-refractivity contribution in [3.63, 3.8) is 0 Å². The molecule has 0 bridgehead atoms. The highest BCUT2D eigenvalue weighted by molar-refractivity contribution is 5.94. The van der Waals surface area contributed by atoms with Gasteiger partial charge in [-0.3, -0.25) is 4.79 Å². The van der Waals surface area contributed by atoms with Crippen LogP contribution < -0.4 is 10.2 Å². The van der Waals surface area contributed by atoms with Gasteiger partial charge in [0.1, 0.15) is 0 Å². The fourth-order valence-electron chi connectivity index (χ4n) is 2.93. The average Bonchev–Trinajstić information content (AvgIpc) is 2.47. The Labute approximate surface area is 122 Å². The van der Waals surface area contributed by atoms with E-state index >= 15 is 0 Å². The van der Waals surface area contributed by atoms with Gasteiger partial charge in [-0.15, -0.1) is 0 Å². The maximum Gasteiger partial charge on any atom is 0.240 e. The maximum atomic E-state index is 12.4. The van der Waals surface area contributed by atoms with Crippen LogP contribution in [-0.2, 0) is 4.79 Å². The predicted octanol–water partition coefficient (Wildman–Crippen LogP) is 3.27. The van der Waals surface area contributed by atoms with Gasteiger partial charge in [0.25, 0.3) is 0 Å². The molecule has 1 fully saturated rings. The van der Waals surface area contributed by atoms with Gasteiger partial charge >= 0.3 is 0 Å². The first-order chi connectivity index (χ1) is 9.70. The molecule has 0 spiro atoms. The fraction of sp³-hybridized carbons (Fsp3) is 0.588. The van der Waals surface area contributed by atoms with Crippen LogP contribution in [0.2, 0.25) is 0 Å². The number of nitrogens with one attached hydrogen (secondary N) is 1. The molecule has 0 aromatic heterocycles. The van der Waals surface area contributed by atoms with Gasteiger partial charge in [-0.2, -0.15) is 0 Å². The smallest absolute Gasteiger partial charge is 0.240 e. The molecular formula is C17H26N2O. The fourth-order valence-corrected chi connectivity index (χ4v) is 2.93. The minimum atomic E-state index is 0.170. The van der Waals surface area contributed by atoms with Crippen LogP contribution in [0.25, 0.3) is 0 Å². The van der Waals surface area contributed by atoms with Crippen LogP contribution in [0.5, 0.6) is 0 Å². The maximum absolute atomic E-state index is 12.4. The Morgan fingerprint density at radius 2 is 2.05 bits per heavy atom. The van der Waals surface area contributed by atoms with Gasteiger partial charge in [-0.25, -0.2) is 0 Å². The lowest BCUT2D eigenvalue weighted by Crippen LogP contribution is -2.42. The van der Waals surface area contributed by atoms with Gasteiger partial charge in [0, 0.05) is 18.3 Å². The summed E-state index contributed by atoms with van der Waals surface area (Å²) in [6.07, 6.45) is 6.35. The summed E-state index contributed by atoms with van der Waals surface area (Å²) in [7, 11) is 0. The summed E-state index contributed by atoms with van der Waals surface area (Å²) in [6.45, 7) is 5.25. The zero-order chi connectivity index (χ0) is 14.4. The van der Waals surface area contributed by atoms with Crippen molar-refractivity contribution in [3.05, 3.63) is 29.8 Å². The Bertz CT molecular complexity index is 438. The number of carbonyl (C=O) groups is 1. The van der Waals surface area contributed by atoms with Crippen LogP contribution >= 0.6 is 0 Å². The number of rotatable bonds is 5. The van der Waals surface area contributed by atoms with Gasteiger partial charge in [-0.05, 0) is 44.4 Å². The molecule has 1 N–H and O–H groups in total. The van der Waals surface area contributed by atoms with E-state index in [9.17, 15) is 4.79 Å². The number of amides is 1. The number of aryl methyl sites for hydroxylation is 1. The molecule has 0 radical (unpaired) electrons. The lowest BCUT2D eigenvalue weighted by molar-refractivity contribution is -0.117. The van der Waals surface area contributed by atoms with E-state index < -0.39 is 0 Å². The Morgan fingerprint density at radius 3 is 2.70 bits per heavy atom. The number of carbonyl (C=O) groups excluding carboxylic acids is 1. The first-order valence-electron chi connectivity index (χ1n) is 7.81. The second kappa shape index (κ2) is 7.44. The third kappa shape index (κ3) is 4.07. The molecule has 1 amide bonds. The van der Waals surface area contributed by atoms with Crippen molar-refractivity contribution >= 4 is 11.6 Å². The van der Waals surface area contributed by atoms with E-state index in [1.54, 1.807) is 0 Å². The van der Waals surface area contributed by atoms with Crippen molar-refractivity contribution in [1.29, 1.82) is 0 Å². The molecule has 20 heavy (non-hydrogen) atoms. The van der Waals surface area contributed by atoms with E-state index in [0.29, 0.717) is 19.1 Å². The Balaban J connectivity index is 1.91. The van der Waals surface area contributed by atoms with Gasteiger partial charge in [0.2, 0.25) is 5.91 Å². The zero-order valence-corrected chi connectivity index (χ0v) is 12.7. The molecule has 0 atom stereocenters. The number of likely N-dealkylation sites (N-methyl/N-ethyl adjacent to an activating group) is 1. The standard InChI is InChI=1S/C17H26N2O/c1-3-19(16-11-7-8-14(2)12-16)17(20)13-18-15-9-5-4-6-10-15/h7-8,11-12,15,18H,3-6,9-10,13H2,1-2H3. The monoisotopic (exact) mass is 274 g/mol. The van der Waals surface area contributed by atoms with Crippen molar-refractivity contribution in [2.45, 2.75) is 52.0 Å². The van der Waals surface area contributed by atoms with E-state index in [-0.39, 0.29) is 5.91 Å². The van der Waals surface area contributed by atoms with Crippen molar-refractivity contribution in [3.8, 4) is 0 Å². The van der Waals surface area contributed by atoms with Crippen molar-refractivity contribution < 1.29 is 4.79 Å². The number of nitrogens with zero attached hydrogens (tertiary/aromatic N) is 1. The molecule has 3 nitrogen and oxygen atoms in total. The van der Waals surface area contributed by atoms with Gasteiger partial charge in [0.15, 0.2) is 0 Å². The summed E-state index contributed by atoms with van der Waals surface area (Å²) in [5.74, 6) is 0.170. The molecule has 0 heterocycles. The molecule has 1 aromatic rings. The molecule has 1 aliphatic carbocycles. The summed E-state index contributed by atoms with van der Waals surface area (Å²) in [6, 6.07) is 8.68. The molecule has 110 valence electrons. The Kier molecular flexibility index (Phi) is 5.60. The number of anilines is 1. The summed E-state index contributed by atoms with van der Waals surface area (Å²) >= 11 is 0. The van der Waals surface area contributed by atoms with Crippen LogP contribution in [0.3, 0.4) is 0 Å². The molecule has 0 saturated heterocycles. The SMILES string of the molecule is CCN(C(=O)CNC1CCCCC1)c1cccc(C)c1. The van der Waals surface area contributed by atoms with Crippen LogP contribution in [0, 0.1) is 6.92 Å². The first-order valence-corrected chi connectivity index (χ1v) is 7.81. The van der Waals surface area contributed by atoms with Crippen molar-refractivity contribution in [2.75, 3.05) is 18.0 Å². The minimum absolute atomic E-state index is 0.170. The largest absolute Gasteiger partial charge is 0.312 e. The van der Waals surface area contributed by atoms with Gasteiger partial charge < -0.3 is 10.2 Å². The van der Waals surface area contributed by atoms with Crippen LogP contribution in [0.4, 0.5) is 5.69 Å². The van der Waals surface area contributed by atoms with Crippen LogP contribution in [0.1, 0.15) is 44.6 Å². The third-order valence-corrected chi connectivity index (χ3v) is 4.08. The highest BCUT2D eigenvalue weighted by Crippen LogP contribution is 2.18. The number of benzene rings is 1. The van der Waals surface area contributed by atoms with E-state index in [1.165, 1.54) is 37.7 Å². The number of hydrogen-bond acceptors (Lipinski definition) is 2. The second-order valence-electron chi connectivity index (χ2n) is 5.69. The van der Waals surface area contributed by atoms with Crippen LogP contribution in [-0.4, -0.2) is 25.0 Å². The highest BCUT2D eigenvalue weighted by Gasteiger charge is 2.17. The van der Waals surface area contributed by atoms with Crippen molar-refractivity contribution in [1.82, 2.24) is 5.32 Å².